The molecular formula is C42H62O17. The van der Waals surface area contributed by atoms with Crippen molar-refractivity contribution in [2.75, 3.05) is 6.61 Å². The number of allylic oxidation sites excluding steroid dienone is 2. The van der Waals surface area contributed by atoms with E-state index in [1.165, 1.54) is 0 Å². The lowest BCUT2D eigenvalue weighted by Crippen LogP contribution is -2.69. The van der Waals surface area contributed by atoms with Crippen molar-refractivity contribution in [2.24, 2.45) is 50.2 Å². The average Bonchev–Trinajstić information content (AvgIpc) is 3.16. The van der Waals surface area contributed by atoms with E-state index < -0.39 is 125 Å². The number of fused-ring (bicyclic) bond motifs is 7. The Balaban J connectivity index is 1.19. The van der Waals surface area contributed by atoms with Gasteiger partial charge in [0.2, 0.25) is 0 Å². The number of hydrogen-bond donors (Lipinski definition) is 9. The highest BCUT2D eigenvalue weighted by Crippen LogP contribution is 2.75. The van der Waals surface area contributed by atoms with Crippen molar-refractivity contribution in [3.8, 4) is 0 Å². The van der Waals surface area contributed by atoms with Gasteiger partial charge >= 0.3 is 17.9 Å². The molecule has 2 heterocycles. The fraction of sp³-hybridized carbons (Fsp3) is 0.857. The van der Waals surface area contributed by atoms with Crippen molar-refractivity contribution in [1.82, 2.24) is 0 Å². The number of aliphatic carboxylic acids is 3. The van der Waals surface area contributed by atoms with Crippen molar-refractivity contribution in [3.63, 3.8) is 0 Å². The lowest BCUT2D eigenvalue weighted by molar-refractivity contribution is -0.372. The zero-order chi connectivity index (χ0) is 43.6. The number of carbonyl (C=O) groups is 4. The molecule has 0 spiro atoms. The molecule has 7 rings (SSSR count). The van der Waals surface area contributed by atoms with E-state index in [0.29, 0.717) is 32.1 Å². The zero-order valence-electron chi connectivity index (χ0n) is 34.5. The lowest BCUT2D eigenvalue weighted by Gasteiger charge is -2.70. The van der Waals surface area contributed by atoms with Crippen molar-refractivity contribution in [3.05, 3.63) is 11.6 Å². The largest absolute Gasteiger partial charge is 0.481 e. The molecule has 17 heteroatoms. The highest BCUT2D eigenvalue weighted by Gasteiger charge is 2.71. The fourth-order valence-electron chi connectivity index (χ4n) is 13.4. The second kappa shape index (κ2) is 14.8. The van der Waals surface area contributed by atoms with Gasteiger partial charge in [0, 0.05) is 11.3 Å². The van der Waals surface area contributed by atoms with Crippen molar-refractivity contribution >= 4 is 23.7 Å². The summed E-state index contributed by atoms with van der Waals surface area (Å²) in [6.07, 6.45) is -13.8. The Morgan fingerprint density at radius 3 is 1.92 bits per heavy atom. The van der Waals surface area contributed by atoms with Crippen LogP contribution in [0.5, 0.6) is 0 Å². The number of carbonyl (C=O) groups excluding carboxylic acids is 1. The normalized spacial score (nSPS) is 53.5. The van der Waals surface area contributed by atoms with Gasteiger partial charge in [-0.2, -0.15) is 0 Å². The number of hydrogen-bond acceptors (Lipinski definition) is 14. The number of ketones is 1. The number of carboxylic acids is 3. The summed E-state index contributed by atoms with van der Waals surface area (Å²) in [7, 11) is 0. The van der Waals surface area contributed by atoms with E-state index in [1.54, 1.807) is 0 Å². The molecule has 20 atom stereocenters. The molecule has 0 unspecified atom stereocenters. The van der Waals surface area contributed by atoms with Crippen LogP contribution in [0.25, 0.3) is 0 Å². The first-order valence-electron chi connectivity index (χ1n) is 20.9. The number of aliphatic hydroxyl groups excluding tert-OH is 6. The van der Waals surface area contributed by atoms with Crippen LogP contribution in [0.15, 0.2) is 11.6 Å². The minimum atomic E-state index is -2.10. The second-order valence-electron chi connectivity index (χ2n) is 20.5. The minimum absolute atomic E-state index is 0.0119. The van der Waals surface area contributed by atoms with Crippen LogP contribution in [0.2, 0.25) is 0 Å². The van der Waals surface area contributed by atoms with E-state index in [1.807, 2.05) is 19.9 Å². The molecule has 9 N–H and O–H groups in total. The first-order chi connectivity index (χ1) is 27.3. The van der Waals surface area contributed by atoms with Gasteiger partial charge < -0.3 is 64.9 Å². The molecule has 59 heavy (non-hydrogen) atoms. The van der Waals surface area contributed by atoms with E-state index in [2.05, 4.69) is 27.7 Å². The molecule has 2 aliphatic heterocycles. The minimum Gasteiger partial charge on any atom is -0.481 e. The summed E-state index contributed by atoms with van der Waals surface area (Å²) in [6, 6.07) is 0. The first-order valence-corrected chi connectivity index (χ1v) is 20.9. The Labute approximate surface area is 342 Å². The number of aliphatic hydroxyl groups is 6. The smallest absolute Gasteiger partial charge is 0.335 e. The van der Waals surface area contributed by atoms with Crippen LogP contribution in [0.3, 0.4) is 0 Å². The van der Waals surface area contributed by atoms with Gasteiger partial charge in [0.15, 0.2) is 30.6 Å². The molecule has 4 saturated carbocycles. The molecule has 0 aromatic rings. The molecule has 0 aromatic heterocycles. The molecule has 7 aliphatic rings. The van der Waals surface area contributed by atoms with Gasteiger partial charge in [-0.15, -0.1) is 0 Å². The maximum atomic E-state index is 14.9. The quantitative estimate of drug-likeness (QED) is 0.155. The van der Waals surface area contributed by atoms with E-state index in [4.69, 9.17) is 18.9 Å². The fourth-order valence-corrected chi connectivity index (χ4v) is 13.4. The van der Waals surface area contributed by atoms with Gasteiger partial charge in [-0.1, -0.05) is 40.2 Å². The van der Waals surface area contributed by atoms with Gasteiger partial charge in [-0.3, -0.25) is 9.59 Å². The maximum Gasteiger partial charge on any atom is 0.335 e. The average molecular weight is 839 g/mol. The van der Waals surface area contributed by atoms with E-state index in [0.717, 1.165) is 24.8 Å². The molecule has 17 nitrogen and oxygen atoms in total. The standard InChI is InChI=1S/C42H62O17/c1-37-11-12-38(2,36(54)55)16-19(37)18-15-20(44)31-39(3)9-8-22(40(4,17-43)21(39)7-10-42(31,6)41(18,5)14-13-37)56-35-30(26(48)25(47)29(58-35)33(52)53)59-34-27(49)23(45)24(46)28(57-34)32(50)51/h15,19,21-31,34-35,43,45-49H,7-14,16-17H2,1-6H3,(H,50,51)(H,52,53)(H,54,55)/t19-,21+,22-,23-,24-,25-,26-,27+,28-,29-,30+,31+,34-,35+,37+,38-,39-,40+,41+,42+/m1/s1. The molecule has 5 aliphatic carbocycles. The molecular weight excluding hydrogens is 776 g/mol. The monoisotopic (exact) mass is 838 g/mol. The third kappa shape index (κ3) is 6.46. The predicted molar refractivity (Wildman–Crippen MR) is 201 cm³/mol. The molecule has 0 aromatic carbocycles. The Bertz CT molecular complexity index is 1750. The van der Waals surface area contributed by atoms with Gasteiger partial charge in [0.25, 0.3) is 0 Å². The highest BCUT2D eigenvalue weighted by atomic mass is 16.8. The van der Waals surface area contributed by atoms with Gasteiger partial charge in [-0.05, 0) is 104 Å². The summed E-state index contributed by atoms with van der Waals surface area (Å²) in [5.74, 6) is -5.02. The summed E-state index contributed by atoms with van der Waals surface area (Å²) in [5.41, 5.74) is -2.63. The van der Waals surface area contributed by atoms with Crippen LogP contribution in [-0.2, 0) is 38.1 Å². The molecule has 0 bridgehead atoms. The molecule has 0 radical (unpaired) electrons. The van der Waals surface area contributed by atoms with Crippen LogP contribution in [0.1, 0.15) is 99.3 Å². The van der Waals surface area contributed by atoms with Crippen LogP contribution >= 0.6 is 0 Å². The zero-order valence-corrected chi connectivity index (χ0v) is 34.5. The molecule has 6 fully saturated rings. The summed E-state index contributed by atoms with van der Waals surface area (Å²) in [5, 5.41) is 94.3. The summed E-state index contributed by atoms with van der Waals surface area (Å²) < 4.78 is 23.2. The molecule has 332 valence electrons. The highest BCUT2D eigenvalue weighted by molar-refractivity contribution is 5.95. The Morgan fingerprint density at radius 2 is 1.32 bits per heavy atom. The maximum absolute atomic E-state index is 14.9. The van der Waals surface area contributed by atoms with E-state index >= 15 is 0 Å². The third-order valence-electron chi connectivity index (χ3n) is 17.4. The van der Waals surface area contributed by atoms with Gasteiger partial charge in [0.05, 0.1) is 18.1 Å². The van der Waals surface area contributed by atoms with Crippen molar-refractivity contribution in [2.45, 2.75) is 167 Å². The number of carboxylic acid groups (broad SMARTS) is 3. The Morgan fingerprint density at radius 1 is 0.729 bits per heavy atom. The van der Waals surface area contributed by atoms with Crippen LogP contribution in [0, 0.1) is 50.2 Å². The van der Waals surface area contributed by atoms with Gasteiger partial charge in [0.1, 0.15) is 36.6 Å². The summed E-state index contributed by atoms with van der Waals surface area (Å²) >= 11 is 0. The lowest BCUT2D eigenvalue weighted by atomic mass is 9.33. The van der Waals surface area contributed by atoms with Crippen LogP contribution in [0.4, 0.5) is 0 Å². The summed E-state index contributed by atoms with van der Waals surface area (Å²) in [6.45, 7) is 12.0. The van der Waals surface area contributed by atoms with Crippen molar-refractivity contribution in [1.29, 1.82) is 0 Å². The molecule has 2 saturated heterocycles. The number of ether oxygens (including phenoxy) is 4. The Kier molecular flexibility index (Phi) is 11.1. The van der Waals surface area contributed by atoms with E-state index in [-0.39, 0.29) is 29.5 Å². The predicted octanol–water partition coefficient (Wildman–Crippen LogP) is 1.22. The van der Waals surface area contributed by atoms with E-state index in [9.17, 15) is 65.1 Å². The molecule has 0 amide bonds. The van der Waals surface area contributed by atoms with Crippen molar-refractivity contribution < 1.29 is 84.1 Å². The number of rotatable bonds is 8. The first kappa shape index (κ1) is 44.5. The van der Waals surface area contributed by atoms with Crippen LogP contribution in [-0.4, -0.2) is 144 Å². The second-order valence-corrected chi connectivity index (χ2v) is 20.5. The van der Waals surface area contributed by atoms with Crippen LogP contribution < -0.4 is 0 Å². The van der Waals surface area contributed by atoms with Gasteiger partial charge in [-0.25, -0.2) is 9.59 Å². The topological polar surface area (TPSA) is 287 Å². The summed E-state index contributed by atoms with van der Waals surface area (Å²) in [4.78, 5) is 51.4. The third-order valence-corrected chi connectivity index (χ3v) is 17.4. The SMILES string of the molecule is C[C@@]1(C(=O)O)CC[C@@]2(C)CC[C@@]3(C)C(=CC(=O)[C@H]4[C@]5(C)CC[C@@H](O[C@H]6O[C@@H](C(=O)O)[C@H](O)[C@@H](O)[C@@H]6O[C@H]6O[C@@H](C(=O)O)[C@H](O)[C@@H](O)[C@@H]6O)[C@@](C)(CO)[C@H]5CC[C@@]43C)[C@H]2C1. The Hall–Kier alpha value is -2.58.